The first-order chi connectivity index (χ1) is 7.24. The van der Waals surface area contributed by atoms with Crippen LogP contribution >= 0.6 is 0 Å². The van der Waals surface area contributed by atoms with Gasteiger partial charge in [-0.3, -0.25) is 0 Å². The summed E-state index contributed by atoms with van der Waals surface area (Å²) in [6, 6.07) is 0. The fraction of sp³-hybridized carbons (Fsp3) is 1.00. The molecule has 2 rings (SSSR count). The largest absolute Gasteiger partial charge is 0.0654 e. The lowest BCUT2D eigenvalue weighted by Gasteiger charge is -2.43. The molecule has 15 heavy (non-hydrogen) atoms. The van der Waals surface area contributed by atoms with Gasteiger partial charge in [0.1, 0.15) is 0 Å². The maximum Gasteiger partial charge on any atom is -0.0357 e. The molecule has 5 atom stereocenters. The summed E-state index contributed by atoms with van der Waals surface area (Å²) in [5.41, 5.74) is 0. The molecule has 2 saturated carbocycles. The molecule has 0 radical (unpaired) electrons. The summed E-state index contributed by atoms with van der Waals surface area (Å²) in [5.74, 6) is 5.28. The number of unbranched alkanes of at least 4 members (excludes halogenated alkanes) is 1. The molecule has 0 nitrogen and oxygen atoms in total. The van der Waals surface area contributed by atoms with E-state index in [0.29, 0.717) is 0 Å². The highest BCUT2D eigenvalue weighted by molar-refractivity contribution is 4.91. The third-order valence-corrected chi connectivity index (χ3v) is 5.37. The zero-order chi connectivity index (χ0) is 10.8. The normalized spacial score (nSPS) is 45.4. The lowest BCUT2D eigenvalue weighted by molar-refractivity contribution is 0.0663. The van der Waals surface area contributed by atoms with Crippen molar-refractivity contribution in [1.29, 1.82) is 0 Å². The van der Waals surface area contributed by atoms with Crippen LogP contribution in [-0.4, -0.2) is 0 Å². The lowest BCUT2D eigenvalue weighted by atomic mass is 9.63. The summed E-state index contributed by atoms with van der Waals surface area (Å²) in [5, 5.41) is 0. The highest BCUT2D eigenvalue weighted by Crippen LogP contribution is 2.51. The van der Waals surface area contributed by atoms with Crippen LogP contribution in [0.2, 0.25) is 0 Å². The number of hydrogen-bond donors (Lipinski definition) is 0. The van der Waals surface area contributed by atoms with Crippen molar-refractivity contribution >= 4 is 0 Å². The van der Waals surface area contributed by atoms with Crippen LogP contribution in [0.25, 0.3) is 0 Å². The molecule has 0 aromatic rings. The number of hydrogen-bond acceptors (Lipinski definition) is 0. The fourth-order valence-corrected chi connectivity index (χ4v) is 4.53. The fourth-order valence-electron chi connectivity index (χ4n) is 4.53. The van der Waals surface area contributed by atoms with E-state index in [2.05, 4.69) is 20.8 Å². The van der Waals surface area contributed by atoms with Gasteiger partial charge in [-0.1, -0.05) is 46.5 Å². The molecule has 2 aliphatic rings. The quantitative estimate of drug-likeness (QED) is 0.620. The van der Waals surface area contributed by atoms with Crippen LogP contribution in [0.5, 0.6) is 0 Å². The maximum absolute atomic E-state index is 2.55. The van der Waals surface area contributed by atoms with Crippen LogP contribution in [0.4, 0.5) is 0 Å². The molecule has 0 saturated heterocycles. The van der Waals surface area contributed by atoms with Gasteiger partial charge in [0, 0.05) is 0 Å². The third kappa shape index (κ3) is 2.24. The minimum atomic E-state index is 1.01. The first-order valence-electron chi connectivity index (χ1n) is 7.24. The zero-order valence-electron chi connectivity index (χ0n) is 10.8. The molecular formula is C15H28. The van der Waals surface area contributed by atoms with E-state index in [1.807, 2.05) is 0 Å². The lowest BCUT2D eigenvalue weighted by Crippen LogP contribution is -2.35. The summed E-state index contributed by atoms with van der Waals surface area (Å²) in [6.07, 6.45) is 10.5. The number of fused-ring (bicyclic) bond motifs is 1. The average molecular weight is 208 g/mol. The van der Waals surface area contributed by atoms with Gasteiger partial charge in [-0.15, -0.1) is 0 Å². The Labute approximate surface area is 95.8 Å². The molecule has 0 aromatic heterocycles. The van der Waals surface area contributed by atoms with E-state index >= 15 is 0 Å². The van der Waals surface area contributed by atoms with Crippen LogP contribution in [0, 0.1) is 29.6 Å². The average Bonchev–Trinajstić information content (AvgIpc) is 2.65. The molecule has 0 spiro atoms. The molecule has 0 amide bonds. The second-order valence-electron chi connectivity index (χ2n) is 6.23. The van der Waals surface area contributed by atoms with Crippen molar-refractivity contribution in [1.82, 2.24) is 0 Å². The minimum absolute atomic E-state index is 1.01. The summed E-state index contributed by atoms with van der Waals surface area (Å²) in [7, 11) is 0. The van der Waals surface area contributed by atoms with Crippen LogP contribution in [-0.2, 0) is 0 Å². The predicted octanol–water partition coefficient (Wildman–Crippen LogP) is 4.89. The molecule has 0 heterocycles. The Balaban J connectivity index is 1.98. The summed E-state index contributed by atoms with van der Waals surface area (Å²) < 4.78 is 0. The van der Waals surface area contributed by atoms with Crippen LogP contribution in [0.3, 0.4) is 0 Å². The van der Waals surface area contributed by atoms with E-state index < -0.39 is 0 Å². The van der Waals surface area contributed by atoms with E-state index in [0.717, 1.165) is 29.6 Å². The van der Waals surface area contributed by atoms with Crippen LogP contribution < -0.4 is 0 Å². The van der Waals surface area contributed by atoms with Gasteiger partial charge in [0.25, 0.3) is 0 Å². The molecule has 0 bridgehead atoms. The number of rotatable bonds is 3. The highest BCUT2D eigenvalue weighted by Gasteiger charge is 2.41. The molecular weight excluding hydrogens is 180 g/mol. The zero-order valence-corrected chi connectivity index (χ0v) is 10.8. The minimum Gasteiger partial charge on any atom is -0.0654 e. The van der Waals surface area contributed by atoms with Gasteiger partial charge in [-0.05, 0) is 48.9 Å². The van der Waals surface area contributed by atoms with Gasteiger partial charge < -0.3 is 0 Å². The van der Waals surface area contributed by atoms with Gasteiger partial charge in [0.05, 0.1) is 0 Å². The van der Waals surface area contributed by atoms with Gasteiger partial charge in [0.2, 0.25) is 0 Å². The van der Waals surface area contributed by atoms with Gasteiger partial charge in [-0.25, -0.2) is 0 Å². The Bertz CT molecular complexity index is 196. The predicted molar refractivity (Wildman–Crippen MR) is 66.8 cm³/mol. The first kappa shape index (κ1) is 11.5. The van der Waals surface area contributed by atoms with Crippen molar-refractivity contribution in [3.63, 3.8) is 0 Å². The van der Waals surface area contributed by atoms with Crippen molar-refractivity contribution in [3.05, 3.63) is 0 Å². The third-order valence-electron chi connectivity index (χ3n) is 5.37. The monoisotopic (exact) mass is 208 g/mol. The van der Waals surface area contributed by atoms with Crippen LogP contribution in [0.15, 0.2) is 0 Å². The second kappa shape index (κ2) is 4.89. The highest BCUT2D eigenvalue weighted by atomic mass is 14.5. The van der Waals surface area contributed by atoms with Crippen molar-refractivity contribution in [2.24, 2.45) is 29.6 Å². The van der Waals surface area contributed by atoms with Crippen molar-refractivity contribution in [2.75, 3.05) is 0 Å². The molecule has 0 aromatic carbocycles. The Morgan fingerprint density at radius 1 is 1.13 bits per heavy atom. The molecule has 0 aliphatic heterocycles. The van der Waals surface area contributed by atoms with Gasteiger partial charge in [-0.2, -0.15) is 0 Å². The molecule has 2 aliphatic carbocycles. The van der Waals surface area contributed by atoms with E-state index in [4.69, 9.17) is 0 Å². The molecule has 2 fully saturated rings. The van der Waals surface area contributed by atoms with E-state index in [-0.39, 0.29) is 0 Å². The first-order valence-corrected chi connectivity index (χ1v) is 7.24. The summed E-state index contributed by atoms with van der Waals surface area (Å²) in [6.45, 7) is 7.40. The Morgan fingerprint density at radius 2 is 1.93 bits per heavy atom. The smallest absolute Gasteiger partial charge is 0.0357 e. The second-order valence-corrected chi connectivity index (χ2v) is 6.23. The Kier molecular flexibility index (Phi) is 3.74. The molecule has 0 N–H and O–H groups in total. The Morgan fingerprint density at radius 3 is 2.67 bits per heavy atom. The summed E-state index contributed by atoms with van der Waals surface area (Å²) in [4.78, 5) is 0. The van der Waals surface area contributed by atoms with E-state index in [1.165, 1.54) is 25.7 Å². The molecule has 5 unspecified atom stereocenters. The van der Waals surface area contributed by atoms with Crippen molar-refractivity contribution in [3.8, 4) is 0 Å². The molecule has 88 valence electrons. The van der Waals surface area contributed by atoms with Crippen LogP contribution in [0.1, 0.15) is 65.7 Å². The molecule has 0 heteroatoms. The van der Waals surface area contributed by atoms with E-state index in [1.54, 1.807) is 19.3 Å². The standard InChI is InChI=1S/C15H28/c1-4-5-8-14-11(2)10-13-7-6-9-15(13)12(14)3/h11-15H,4-10H2,1-3H3. The summed E-state index contributed by atoms with van der Waals surface area (Å²) >= 11 is 0. The maximum atomic E-state index is 2.55. The van der Waals surface area contributed by atoms with Gasteiger partial charge in [0.15, 0.2) is 0 Å². The topological polar surface area (TPSA) is 0 Å². The van der Waals surface area contributed by atoms with Crippen molar-refractivity contribution in [2.45, 2.75) is 65.7 Å². The van der Waals surface area contributed by atoms with E-state index in [9.17, 15) is 0 Å². The Hall–Kier alpha value is 0. The van der Waals surface area contributed by atoms with Gasteiger partial charge >= 0.3 is 0 Å². The van der Waals surface area contributed by atoms with Crippen molar-refractivity contribution < 1.29 is 0 Å². The SMILES string of the molecule is CCCCC1C(C)CC2CCCC2C1C.